The van der Waals surface area contributed by atoms with Crippen molar-refractivity contribution in [1.82, 2.24) is 5.32 Å². The summed E-state index contributed by atoms with van der Waals surface area (Å²) in [6.07, 6.45) is 1.58. The van der Waals surface area contributed by atoms with Gasteiger partial charge in [0.05, 0.1) is 18.1 Å². The number of fused-ring (bicyclic) bond motifs is 1. The van der Waals surface area contributed by atoms with Crippen molar-refractivity contribution in [2.75, 3.05) is 13.7 Å². The molecule has 1 fully saturated rings. The van der Waals surface area contributed by atoms with Crippen LogP contribution >= 0.6 is 0 Å². The molecule has 2 aromatic rings. The molecule has 1 aliphatic heterocycles. The lowest BCUT2D eigenvalue weighted by Gasteiger charge is -2.25. The first kappa shape index (κ1) is 18.2. The quantitative estimate of drug-likeness (QED) is 0.808. The van der Waals surface area contributed by atoms with E-state index in [0.29, 0.717) is 17.5 Å². The van der Waals surface area contributed by atoms with E-state index in [-0.39, 0.29) is 30.5 Å². The van der Waals surface area contributed by atoms with E-state index in [4.69, 9.17) is 9.47 Å². The molecular weight excluding hydrogens is 358 g/mol. The molecule has 6 nitrogen and oxygen atoms in total. The number of cyclic esters (lactones) is 1. The molecule has 0 spiro atoms. The number of methoxy groups -OCH3 is 1. The average Bonchev–Trinajstić information content (AvgIpc) is 3.52. The van der Waals surface area contributed by atoms with Gasteiger partial charge < -0.3 is 14.8 Å². The van der Waals surface area contributed by atoms with Crippen LogP contribution in [0.1, 0.15) is 50.8 Å². The molecule has 4 rings (SSSR count). The highest BCUT2D eigenvalue weighted by molar-refractivity contribution is 5.98. The summed E-state index contributed by atoms with van der Waals surface area (Å²) in [4.78, 5) is 36.7. The first-order valence-electron chi connectivity index (χ1n) is 9.28. The first-order valence-corrected chi connectivity index (χ1v) is 9.28. The van der Waals surface area contributed by atoms with Gasteiger partial charge in [-0.25, -0.2) is 4.79 Å². The highest BCUT2D eigenvalue weighted by atomic mass is 16.5. The number of ether oxygens (including phenoxy) is 2. The van der Waals surface area contributed by atoms with Crippen molar-refractivity contribution in [3.8, 4) is 0 Å². The first-order chi connectivity index (χ1) is 13.5. The van der Waals surface area contributed by atoms with Crippen LogP contribution in [-0.4, -0.2) is 31.5 Å². The Kier molecular flexibility index (Phi) is 4.63. The zero-order chi connectivity index (χ0) is 19.7. The van der Waals surface area contributed by atoms with E-state index in [1.807, 2.05) is 30.3 Å². The molecule has 144 valence electrons. The summed E-state index contributed by atoms with van der Waals surface area (Å²) in [7, 11) is 1.36. The molecule has 0 saturated heterocycles. The third kappa shape index (κ3) is 3.38. The summed E-state index contributed by atoms with van der Waals surface area (Å²) in [6.45, 7) is 0.254. The number of hydrogen-bond acceptors (Lipinski definition) is 5. The van der Waals surface area contributed by atoms with E-state index in [2.05, 4.69) is 5.32 Å². The van der Waals surface area contributed by atoms with Crippen LogP contribution in [0.3, 0.4) is 0 Å². The Morgan fingerprint density at radius 3 is 2.61 bits per heavy atom. The van der Waals surface area contributed by atoms with E-state index in [1.165, 1.54) is 7.11 Å². The SMILES string of the molecule is COC(=O)C1(CNC(=O)c2ccc3c(c2)C[C@@H](c2ccccc2)OC3=O)CC1. The average molecular weight is 379 g/mol. The minimum atomic E-state index is -0.583. The molecule has 2 aromatic carbocycles. The van der Waals surface area contributed by atoms with Gasteiger partial charge in [0, 0.05) is 18.5 Å². The van der Waals surface area contributed by atoms with Crippen molar-refractivity contribution >= 4 is 17.8 Å². The van der Waals surface area contributed by atoms with Crippen LogP contribution in [0.25, 0.3) is 0 Å². The standard InChI is InChI=1S/C22H21NO5/c1-27-21(26)22(9-10-22)13-23-19(24)15-7-8-17-16(11-15)12-18(28-20(17)25)14-5-3-2-4-6-14/h2-8,11,18H,9-10,12-13H2,1H3,(H,23,24)/t18-/m0/s1. The third-order valence-electron chi connectivity index (χ3n) is 5.47. The number of nitrogens with one attached hydrogen (secondary N) is 1. The molecule has 0 bridgehead atoms. The van der Waals surface area contributed by atoms with Gasteiger partial charge in [-0.3, -0.25) is 9.59 Å². The van der Waals surface area contributed by atoms with Gasteiger partial charge in [-0.15, -0.1) is 0 Å². The van der Waals surface area contributed by atoms with E-state index < -0.39 is 5.41 Å². The zero-order valence-corrected chi connectivity index (χ0v) is 15.6. The van der Waals surface area contributed by atoms with E-state index >= 15 is 0 Å². The predicted molar refractivity (Wildman–Crippen MR) is 101 cm³/mol. The lowest BCUT2D eigenvalue weighted by Crippen LogP contribution is -2.35. The van der Waals surface area contributed by atoms with Crippen molar-refractivity contribution in [1.29, 1.82) is 0 Å². The molecule has 1 amide bonds. The smallest absolute Gasteiger partial charge is 0.339 e. The molecule has 1 aliphatic carbocycles. The molecule has 1 heterocycles. The van der Waals surface area contributed by atoms with Crippen molar-refractivity contribution < 1.29 is 23.9 Å². The topological polar surface area (TPSA) is 81.7 Å². The van der Waals surface area contributed by atoms with Crippen LogP contribution in [0.15, 0.2) is 48.5 Å². The summed E-state index contributed by atoms with van der Waals surface area (Å²) >= 11 is 0. The predicted octanol–water partition coefficient (Wildman–Crippen LogP) is 2.82. The second kappa shape index (κ2) is 7.11. The van der Waals surface area contributed by atoms with Crippen LogP contribution < -0.4 is 5.32 Å². The zero-order valence-electron chi connectivity index (χ0n) is 15.6. The van der Waals surface area contributed by atoms with Gasteiger partial charge in [-0.2, -0.15) is 0 Å². The Balaban J connectivity index is 1.50. The Hall–Kier alpha value is -3.15. The molecule has 0 radical (unpaired) electrons. The Bertz CT molecular complexity index is 933. The third-order valence-corrected chi connectivity index (χ3v) is 5.47. The maximum Gasteiger partial charge on any atom is 0.339 e. The second-order valence-electron chi connectivity index (χ2n) is 7.34. The fraction of sp³-hybridized carbons (Fsp3) is 0.318. The number of esters is 2. The van der Waals surface area contributed by atoms with Crippen LogP contribution in [0.2, 0.25) is 0 Å². The summed E-state index contributed by atoms with van der Waals surface area (Å²) in [6, 6.07) is 14.5. The number of amides is 1. The van der Waals surface area contributed by atoms with Gasteiger partial charge in [0.1, 0.15) is 6.10 Å². The molecular formula is C22H21NO5. The summed E-state index contributed by atoms with van der Waals surface area (Å²) in [5.74, 6) is -0.940. The fourth-order valence-electron chi connectivity index (χ4n) is 3.56. The second-order valence-corrected chi connectivity index (χ2v) is 7.34. The lowest BCUT2D eigenvalue weighted by atomic mass is 9.93. The van der Waals surface area contributed by atoms with Crippen LogP contribution in [-0.2, 0) is 20.7 Å². The number of benzene rings is 2. The fourth-order valence-corrected chi connectivity index (χ4v) is 3.56. The molecule has 28 heavy (non-hydrogen) atoms. The van der Waals surface area contributed by atoms with Crippen molar-refractivity contribution in [3.63, 3.8) is 0 Å². The van der Waals surface area contributed by atoms with Crippen LogP contribution in [0.4, 0.5) is 0 Å². The van der Waals surface area contributed by atoms with Crippen molar-refractivity contribution in [3.05, 3.63) is 70.8 Å². The largest absolute Gasteiger partial charge is 0.469 e. The Labute approximate surface area is 162 Å². The minimum absolute atomic E-state index is 0.254. The lowest BCUT2D eigenvalue weighted by molar-refractivity contribution is -0.146. The molecule has 0 aromatic heterocycles. The van der Waals surface area contributed by atoms with Crippen LogP contribution in [0.5, 0.6) is 0 Å². The van der Waals surface area contributed by atoms with Gasteiger partial charge in [0.2, 0.25) is 0 Å². The van der Waals surface area contributed by atoms with E-state index in [1.54, 1.807) is 18.2 Å². The normalized spacial score (nSPS) is 19.2. The molecule has 1 N–H and O–H groups in total. The van der Waals surface area contributed by atoms with Gasteiger partial charge >= 0.3 is 11.9 Å². The van der Waals surface area contributed by atoms with Gasteiger partial charge in [-0.05, 0) is 42.2 Å². The number of carbonyl (C=O) groups is 3. The highest BCUT2D eigenvalue weighted by Crippen LogP contribution is 2.46. The van der Waals surface area contributed by atoms with E-state index in [9.17, 15) is 14.4 Å². The Morgan fingerprint density at radius 1 is 1.18 bits per heavy atom. The molecule has 6 heteroatoms. The molecule has 1 saturated carbocycles. The maximum atomic E-state index is 12.6. The number of carbonyl (C=O) groups excluding carboxylic acids is 3. The number of hydrogen-bond donors (Lipinski definition) is 1. The van der Waals surface area contributed by atoms with Gasteiger partial charge in [0.15, 0.2) is 0 Å². The molecule has 2 aliphatic rings. The Morgan fingerprint density at radius 2 is 1.93 bits per heavy atom. The highest BCUT2D eigenvalue weighted by Gasteiger charge is 2.51. The van der Waals surface area contributed by atoms with Crippen LogP contribution in [0, 0.1) is 5.41 Å². The summed E-state index contributed by atoms with van der Waals surface area (Å²) < 4.78 is 10.4. The molecule has 1 atom stereocenters. The van der Waals surface area contributed by atoms with Gasteiger partial charge in [0.25, 0.3) is 5.91 Å². The van der Waals surface area contributed by atoms with Gasteiger partial charge in [-0.1, -0.05) is 30.3 Å². The number of rotatable bonds is 5. The van der Waals surface area contributed by atoms with Crippen molar-refractivity contribution in [2.24, 2.45) is 5.41 Å². The van der Waals surface area contributed by atoms with Crippen molar-refractivity contribution in [2.45, 2.75) is 25.4 Å². The summed E-state index contributed by atoms with van der Waals surface area (Å²) in [5, 5.41) is 2.82. The van der Waals surface area contributed by atoms with E-state index in [0.717, 1.165) is 24.0 Å². The summed E-state index contributed by atoms with van der Waals surface area (Å²) in [5.41, 5.74) is 2.07. The maximum absolute atomic E-state index is 12.6. The molecule has 0 unspecified atom stereocenters. The minimum Gasteiger partial charge on any atom is -0.469 e. The monoisotopic (exact) mass is 379 g/mol.